The maximum Gasteiger partial charge on any atom is 0.410 e. The third kappa shape index (κ3) is 4.70. The SMILES string of the molecule is CC(C)(C)OC(=O)N1CCC[C@@H](C(=O)Nc2nc(C#N)c(C#N)[nH]2)C1. The van der Waals surface area contributed by atoms with E-state index in [2.05, 4.69) is 15.3 Å². The van der Waals surface area contributed by atoms with E-state index in [9.17, 15) is 9.59 Å². The molecule has 1 saturated heterocycles. The van der Waals surface area contributed by atoms with Crippen LogP contribution in [0.4, 0.5) is 10.7 Å². The molecule has 25 heavy (non-hydrogen) atoms. The highest BCUT2D eigenvalue weighted by atomic mass is 16.6. The molecule has 0 aromatic carbocycles. The van der Waals surface area contributed by atoms with Crippen LogP contribution in [0, 0.1) is 28.6 Å². The summed E-state index contributed by atoms with van der Waals surface area (Å²) in [7, 11) is 0. The number of H-pyrrole nitrogens is 1. The van der Waals surface area contributed by atoms with Gasteiger partial charge in [-0.2, -0.15) is 10.5 Å². The molecule has 2 heterocycles. The lowest BCUT2D eigenvalue weighted by Gasteiger charge is -2.33. The number of hydrogen-bond acceptors (Lipinski definition) is 6. The summed E-state index contributed by atoms with van der Waals surface area (Å²) in [5.41, 5.74) is -0.671. The van der Waals surface area contributed by atoms with Gasteiger partial charge in [-0.3, -0.25) is 10.1 Å². The third-order valence-electron chi connectivity index (χ3n) is 3.61. The van der Waals surface area contributed by atoms with Crippen molar-refractivity contribution in [1.82, 2.24) is 14.9 Å². The molecule has 0 unspecified atom stereocenters. The highest BCUT2D eigenvalue weighted by Gasteiger charge is 2.31. The molecular weight excluding hydrogens is 324 g/mol. The molecule has 2 amide bonds. The number of nitriles is 2. The number of piperidine rings is 1. The molecule has 1 aromatic heterocycles. The molecule has 1 atom stereocenters. The molecular formula is C16H20N6O3. The van der Waals surface area contributed by atoms with E-state index in [4.69, 9.17) is 15.3 Å². The molecule has 1 aliphatic rings. The zero-order valence-corrected chi connectivity index (χ0v) is 14.4. The number of nitrogens with one attached hydrogen (secondary N) is 2. The first-order chi connectivity index (χ1) is 11.7. The smallest absolute Gasteiger partial charge is 0.410 e. The number of ether oxygens (including phenoxy) is 1. The number of carbonyl (C=O) groups excluding carboxylic acids is 2. The highest BCUT2D eigenvalue weighted by Crippen LogP contribution is 2.21. The molecule has 0 saturated carbocycles. The molecule has 0 radical (unpaired) electrons. The fourth-order valence-corrected chi connectivity index (χ4v) is 2.50. The van der Waals surface area contributed by atoms with Gasteiger partial charge in [-0.15, -0.1) is 0 Å². The van der Waals surface area contributed by atoms with Crippen LogP contribution in [0.1, 0.15) is 45.0 Å². The quantitative estimate of drug-likeness (QED) is 0.839. The number of imidazole rings is 1. The van der Waals surface area contributed by atoms with Crippen LogP contribution in [0.3, 0.4) is 0 Å². The van der Waals surface area contributed by atoms with Crippen molar-refractivity contribution in [2.75, 3.05) is 18.4 Å². The van der Waals surface area contributed by atoms with Gasteiger partial charge in [0.2, 0.25) is 11.9 Å². The van der Waals surface area contributed by atoms with Gasteiger partial charge in [-0.05, 0) is 33.6 Å². The van der Waals surface area contributed by atoms with Crippen molar-refractivity contribution in [2.45, 2.75) is 39.2 Å². The summed E-state index contributed by atoms with van der Waals surface area (Å²) in [6, 6.07) is 3.58. The number of rotatable bonds is 2. The van der Waals surface area contributed by atoms with Gasteiger partial charge in [0, 0.05) is 13.1 Å². The van der Waals surface area contributed by atoms with Gasteiger partial charge in [0.25, 0.3) is 0 Å². The molecule has 1 aliphatic heterocycles. The molecule has 9 nitrogen and oxygen atoms in total. The monoisotopic (exact) mass is 344 g/mol. The average molecular weight is 344 g/mol. The van der Waals surface area contributed by atoms with E-state index in [0.717, 1.165) is 0 Å². The van der Waals surface area contributed by atoms with Crippen LogP contribution in [0.2, 0.25) is 0 Å². The normalized spacial score (nSPS) is 17.3. The molecule has 1 aromatic rings. The summed E-state index contributed by atoms with van der Waals surface area (Å²) in [6.07, 6.45) is 0.867. The van der Waals surface area contributed by atoms with Crippen molar-refractivity contribution >= 4 is 17.9 Å². The topological polar surface area (TPSA) is 135 Å². The zero-order valence-electron chi connectivity index (χ0n) is 14.4. The fraction of sp³-hybridized carbons (Fsp3) is 0.562. The summed E-state index contributed by atoms with van der Waals surface area (Å²) >= 11 is 0. The van der Waals surface area contributed by atoms with Crippen molar-refractivity contribution in [2.24, 2.45) is 5.92 Å². The van der Waals surface area contributed by atoms with Crippen molar-refractivity contribution in [1.29, 1.82) is 10.5 Å². The van der Waals surface area contributed by atoms with Crippen molar-refractivity contribution in [3.63, 3.8) is 0 Å². The van der Waals surface area contributed by atoms with Gasteiger partial charge in [-0.25, -0.2) is 9.78 Å². The second kappa shape index (κ2) is 7.22. The Morgan fingerprint density at radius 3 is 2.64 bits per heavy atom. The lowest BCUT2D eigenvalue weighted by molar-refractivity contribution is -0.121. The minimum absolute atomic E-state index is 0.00294. The predicted octanol–water partition coefficient (Wildman–Crippen LogP) is 1.74. The van der Waals surface area contributed by atoms with Crippen LogP contribution in [-0.4, -0.2) is 45.6 Å². The molecule has 0 aliphatic carbocycles. The van der Waals surface area contributed by atoms with Crippen LogP contribution in [-0.2, 0) is 9.53 Å². The molecule has 2 rings (SSSR count). The van der Waals surface area contributed by atoms with Crippen LogP contribution >= 0.6 is 0 Å². The summed E-state index contributed by atoms with van der Waals surface area (Å²) in [5, 5.41) is 20.3. The van der Waals surface area contributed by atoms with E-state index in [0.29, 0.717) is 19.4 Å². The van der Waals surface area contributed by atoms with Crippen LogP contribution < -0.4 is 5.32 Å². The molecule has 0 bridgehead atoms. The molecule has 0 spiro atoms. The van der Waals surface area contributed by atoms with E-state index >= 15 is 0 Å². The lowest BCUT2D eigenvalue weighted by Crippen LogP contribution is -2.45. The van der Waals surface area contributed by atoms with Crippen molar-refractivity contribution < 1.29 is 14.3 Å². The van der Waals surface area contributed by atoms with Gasteiger partial charge in [0.1, 0.15) is 17.7 Å². The van der Waals surface area contributed by atoms with Gasteiger partial charge in [-0.1, -0.05) is 0 Å². The fourth-order valence-electron chi connectivity index (χ4n) is 2.50. The summed E-state index contributed by atoms with van der Waals surface area (Å²) in [5.74, 6) is -0.689. The maximum atomic E-state index is 12.4. The highest BCUT2D eigenvalue weighted by molar-refractivity contribution is 5.91. The Morgan fingerprint density at radius 2 is 2.08 bits per heavy atom. The molecule has 132 valence electrons. The van der Waals surface area contributed by atoms with Gasteiger partial charge in [0.15, 0.2) is 11.4 Å². The van der Waals surface area contributed by atoms with E-state index < -0.39 is 17.6 Å². The Morgan fingerprint density at radius 1 is 1.36 bits per heavy atom. The minimum Gasteiger partial charge on any atom is -0.444 e. The number of hydrogen-bond donors (Lipinski definition) is 2. The van der Waals surface area contributed by atoms with Crippen LogP contribution in [0.15, 0.2) is 0 Å². The number of anilines is 1. The number of aromatic nitrogens is 2. The van der Waals surface area contributed by atoms with Crippen molar-refractivity contribution in [3.05, 3.63) is 11.4 Å². The summed E-state index contributed by atoms with van der Waals surface area (Å²) < 4.78 is 5.34. The largest absolute Gasteiger partial charge is 0.444 e. The first kappa shape index (κ1) is 18.3. The number of amides is 2. The standard InChI is InChI=1S/C16H20N6O3/c1-16(2,3)25-15(24)22-6-4-5-10(9-22)13(23)21-14-19-11(7-17)12(8-18)20-14/h10H,4-6,9H2,1-3H3,(H2,19,20,21,23)/t10-/m1/s1. The molecule has 1 fully saturated rings. The van der Waals surface area contributed by atoms with Gasteiger partial charge < -0.3 is 14.6 Å². The van der Waals surface area contributed by atoms with Crippen molar-refractivity contribution in [3.8, 4) is 12.1 Å². The Labute approximate surface area is 145 Å². The predicted molar refractivity (Wildman–Crippen MR) is 87.2 cm³/mol. The summed E-state index contributed by atoms with van der Waals surface area (Å²) in [6.45, 7) is 6.15. The number of likely N-dealkylation sites (tertiary alicyclic amines) is 1. The number of carbonyl (C=O) groups is 2. The Hall–Kier alpha value is -3.07. The Kier molecular flexibility index (Phi) is 5.28. The van der Waals surface area contributed by atoms with E-state index in [1.807, 2.05) is 0 Å². The van der Waals surface area contributed by atoms with Gasteiger partial charge >= 0.3 is 6.09 Å². The first-order valence-electron chi connectivity index (χ1n) is 7.92. The van der Waals surface area contributed by atoms with E-state index in [1.165, 1.54) is 4.90 Å². The maximum absolute atomic E-state index is 12.4. The second-order valence-corrected chi connectivity index (χ2v) is 6.79. The number of aromatic amines is 1. The second-order valence-electron chi connectivity index (χ2n) is 6.79. The molecule has 9 heteroatoms. The van der Waals surface area contributed by atoms with Crippen LogP contribution in [0.25, 0.3) is 0 Å². The number of nitrogens with zero attached hydrogens (tertiary/aromatic N) is 4. The average Bonchev–Trinajstić information content (AvgIpc) is 2.95. The summed E-state index contributed by atoms with van der Waals surface area (Å²) in [4.78, 5) is 32.5. The first-order valence-corrected chi connectivity index (χ1v) is 7.92. The van der Waals surface area contributed by atoms with E-state index in [-0.39, 0.29) is 29.8 Å². The molecule has 2 N–H and O–H groups in total. The zero-order chi connectivity index (χ0) is 18.6. The Bertz CT molecular complexity index is 718. The minimum atomic E-state index is -0.595. The Balaban J connectivity index is 2.00. The van der Waals surface area contributed by atoms with Crippen LogP contribution in [0.5, 0.6) is 0 Å². The third-order valence-corrected chi connectivity index (χ3v) is 3.61. The lowest BCUT2D eigenvalue weighted by atomic mass is 9.97. The van der Waals surface area contributed by atoms with E-state index in [1.54, 1.807) is 32.9 Å². The van der Waals surface area contributed by atoms with Gasteiger partial charge in [0.05, 0.1) is 5.92 Å².